The SMILES string of the molecule is CC(C)CN(c1nc2ccc(C(=O)O)cc2o1)C1CC1. The van der Waals surface area contributed by atoms with Crippen LogP contribution in [0.5, 0.6) is 0 Å². The lowest BCUT2D eigenvalue weighted by Gasteiger charge is -2.21. The number of hydrogen-bond donors (Lipinski definition) is 1. The van der Waals surface area contributed by atoms with Gasteiger partial charge in [0.2, 0.25) is 0 Å². The monoisotopic (exact) mass is 274 g/mol. The Morgan fingerprint density at radius 3 is 2.85 bits per heavy atom. The van der Waals surface area contributed by atoms with Gasteiger partial charge in [-0.1, -0.05) is 13.8 Å². The Kier molecular flexibility index (Phi) is 3.12. The summed E-state index contributed by atoms with van der Waals surface area (Å²) in [5, 5.41) is 9.00. The summed E-state index contributed by atoms with van der Waals surface area (Å²) in [7, 11) is 0. The fourth-order valence-electron chi connectivity index (χ4n) is 2.33. The molecule has 1 aromatic carbocycles. The fraction of sp³-hybridized carbons (Fsp3) is 0.467. The molecular weight excluding hydrogens is 256 g/mol. The van der Waals surface area contributed by atoms with E-state index in [1.165, 1.54) is 18.9 Å². The summed E-state index contributed by atoms with van der Waals surface area (Å²) in [5.41, 5.74) is 1.47. The molecule has 1 fully saturated rings. The number of oxazole rings is 1. The minimum Gasteiger partial charge on any atom is -0.478 e. The van der Waals surface area contributed by atoms with Crippen molar-refractivity contribution >= 4 is 23.1 Å². The normalized spacial score (nSPS) is 14.9. The number of aromatic carboxylic acids is 1. The highest BCUT2D eigenvalue weighted by molar-refractivity contribution is 5.92. The quantitative estimate of drug-likeness (QED) is 0.907. The Bertz CT molecular complexity index is 644. The zero-order chi connectivity index (χ0) is 14.3. The highest BCUT2D eigenvalue weighted by Crippen LogP contribution is 2.33. The number of carboxylic acids is 1. The number of anilines is 1. The van der Waals surface area contributed by atoms with Gasteiger partial charge in [-0.3, -0.25) is 0 Å². The van der Waals surface area contributed by atoms with Gasteiger partial charge in [0.1, 0.15) is 5.52 Å². The largest absolute Gasteiger partial charge is 0.478 e. The van der Waals surface area contributed by atoms with Crippen LogP contribution >= 0.6 is 0 Å². The minimum absolute atomic E-state index is 0.224. The number of aromatic nitrogens is 1. The number of hydrogen-bond acceptors (Lipinski definition) is 4. The standard InChI is InChI=1S/C15H18N2O3/c1-9(2)8-17(11-4-5-11)15-16-12-6-3-10(14(18)19)7-13(12)20-15/h3,6-7,9,11H,4-5,8H2,1-2H3,(H,18,19). The fourth-order valence-corrected chi connectivity index (χ4v) is 2.33. The second-order valence-electron chi connectivity index (χ2n) is 5.76. The molecule has 2 aromatic rings. The van der Waals surface area contributed by atoms with E-state index in [2.05, 4.69) is 23.7 Å². The Hall–Kier alpha value is -2.04. The van der Waals surface area contributed by atoms with Gasteiger partial charge in [0.25, 0.3) is 6.01 Å². The maximum absolute atomic E-state index is 11.0. The van der Waals surface area contributed by atoms with E-state index >= 15 is 0 Å². The summed E-state index contributed by atoms with van der Waals surface area (Å²) in [6.07, 6.45) is 2.34. The molecule has 0 aliphatic heterocycles. The molecule has 0 spiro atoms. The van der Waals surface area contributed by atoms with Gasteiger partial charge in [0.15, 0.2) is 5.58 Å². The van der Waals surface area contributed by atoms with E-state index in [1.54, 1.807) is 12.1 Å². The molecule has 0 amide bonds. The third-order valence-corrected chi connectivity index (χ3v) is 3.42. The van der Waals surface area contributed by atoms with Crippen LogP contribution in [0, 0.1) is 5.92 Å². The van der Waals surface area contributed by atoms with Gasteiger partial charge in [0.05, 0.1) is 5.56 Å². The predicted octanol–water partition coefficient (Wildman–Crippen LogP) is 3.15. The molecular formula is C15H18N2O3. The van der Waals surface area contributed by atoms with Crippen molar-refractivity contribution in [2.24, 2.45) is 5.92 Å². The van der Waals surface area contributed by atoms with Crippen LogP contribution in [0.3, 0.4) is 0 Å². The number of carbonyl (C=O) groups is 1. The Balaban J connectivity index is 1.96. The van der Waals surface area contributed by atoms with Crippen molar-refractivity contribution in [3.63, 3.8) is 0 Å². The van der Waals surface area contributed by atoms with E-state index < -0.39 is 5.97 Å². The molecule has 1 aromatic heterocycles. The predicted molar refractivity (Wildman–Crippen MR) is 76.2 cm³/mol. The Morgan fingerprint density at radius 1 is 1.50 bits per heavy atom. The van der Waals surface area contributed by atoms with Crippen molar-refractivity contribution < 1.29 is 14.3 Å². The highest BCUT2D eigenvalue weighted by Gasteiger charge is 2.32. The van der Waals surface area contributed by atoms with Gasteiger partial charge in [-0.2, -0.15) is 4.98 Å². The molecule has 20 heavy (non-hydrogen) atoms. The van der Waals surface area contributed by atoms with Crippen LogP contribution in [0.4, 0.5) is 6.01 Å². The summed E-state index contributed by atoms with van der Waals surface area (Å²) in [6, 6.07) is 5.92. The van der Waals surface area contributed by atoms with Crippen molar-refractivity contribution in [2.75, 3.05) is 11.4 Å². The Labute approximate surface area is 117 Å². The topological polar surface area (TPSA) is 66.6 Å². The molecule has 1 heterocycles. The van der Waals surface area contributed by atoms with Crippen molar-refractivity contribution in [3.05, 3.63) is 23.8 Å². The molecule has 1 aliphatic carbocycles. The van der Waals surface area contributed by atoms with Crippen LogP contribution in [0.15, 0.2) is 22.6 Å². The first-order valence-corrected chi connectivity index (χ1v) is 6.95. The van der Waals surface area contributed by atoms with Gasteiger partial charge < -0.3 is 14.4 Å². The summed E-state index contributed by atoms with van der Waals surface area (Å²) >= 11 is 0. The molecule has 0 atom stereocenters. The second kappa shape index (κ2) is 4.81. The van der Waals surface area contributed by atoms with E-state index in [9.17, 15) is 4.79 Å². The van der Waals surface area contributed by atoms with Crippen molar-refractivity contribution in [1.82, 2.24) is 4.98 Å². The zero-order valence-corrected chi connectivity index (χ0v) is 11.7. The molecule has 3 rings (SSSR count). The van der Waals surface area contributed by atoms with Crippen LogP contribution < -0.4 is 4.90 Å². The smallest absolute Gasteiger partial charge is 0.335 e. The molecule has 1 N–H and O–H groups in total. The first-order valence-electron chi connectivity index (χ1n) is 6.95. The van der Waals surface area contributed by atoms with E-state index in [4.69, 9.17) is 9.52 Å². The first kappa shape index (κ1) is 13.0. The van der Waals surface area contributed by atoms with Crippen LogP contribution in [-0.2, 0) is 0 Å². The summed E-state index contributed by atoms with van der Waals surface area (Å²) in [6.45, 7) is 5.24. The average molecular weight is 274 g/mol. The zero-order valence-electron chi connectivity index (χ0n) is 11.7. The molecule has 0 bridgehead atoms. The second-order valence-corrected chi connectivity index (χ2v) is 5.76. The van der Waals surface area contributed by atoms with E-state index in [1.807, 2.05) is 0 Å². The summed E-state index contributed by atoms with van der Waals surface area (Å²) < 4.78 is 5.77. The highest BCUT2D eigenvalue weighted by atomic mass is 16.4. The summed E-state index contributed by atoms with van der Waals surface area (Å²) in [4.78, 5) is 17.7. The number of rotatable bonds is 5. The molecule has 0 unspecified atom stereocenters. The summed E-state index contributed by atoms with van der Waals surface area (Å²) in [5.74, 6) is -0.425. The first-order chi connectivity index (χ1) is 9.54. The van der Waals surface area contributed by atoms with Crippen LogP contribution in [-0.4, -0.2) is 28.6 Å². The van der Waals surface area contributed by atoms with E-state index in [0.29, 0.717) is 29.1 Å². The maximum Gasteiger partial charge on any atom is 0.335 e. The lowest BCUT2D eigenvalue weighted by atomic mass is 10.2. The molecule has 5 heteroatoms. The maximum atomic E-state index is 11.0. The van der Waals surface area contributed by atoms with Gasteiger partial charge >= 0.3 is 5.97 Å². The molecule has 106 valence electrons. The van der Waals surface area contributed by atoms with Crippen LogP contribution in [0.25, 0.3) is 11.1 Å². The van der Waals surface area contributed by atoms with Gasteiger partial charge in [-0.15, -0.1) is 0 Å². The molecule has 0 radical (unpaired) electrons. The number of carboxylic acid groups (broad SMARTS) is 1. The molecule has 1 saturated carbocycles. The lowest BCUT2D eigenvalue weighted by Crippen LogP contribution is -2.29. The lowest BCUT2D eigenvalue weighted by molar-refractivity contribution is 0.0697. The Morgan fingerprint density at radius 2 is 2.25 bits per heavy atom. The third kappa shape index (κ3) is 2.48. The van der Waals surface area contributed by atoms with Crippen molar-refractivity contribution in [1.29, 1.82) is 0 Å². The van der Waals surface area contributed by atoms with E-state index in [-0.39, 0.29) is 5.56 Å². The van der Waals surface area contributed by atoms with E-state index in [0.717, 1.165) is 6.54 Å². The molecule has 1 aliphatic rings. The van der Waals surface area contributed by atoms with Crippen LogP contribution in [0.1, 0.15) is 37.0 Å². The van der Waals surface area contributed by atoms with Gasteiger partial charge in [-0.05, 0) is 37.0 Å². The molecule has 0 saturated heterocycles. The van der Waals surface area contributed by atoms with Crippen LogP contribution in [0.2, 0.25) is 0 Å². The average Bonchev–Trinajstić information content (AvgIpc) is 3.13. The minimum atomic E-state index is -0.953. The number of nitrogens with zero attached hydrogens (tertiary/aromatic N) is 2. The van der Waals surface area contributed by atoms with Crippen molar-refractivity contribution in [2.45, 2.75) is 32.7 Å². The van der Waals surface area contributed by atoms with Gasteiger partial charge in [-0.25, -0.2) is 4.79 Å². The third-order valence-electron chi connectivity index (χ3n) is 3.42. The molecule has 5 nitrogen and oxygen atoms in total. The number of benzene rings is 1. The number of fused-ring (bicyclic) bond motifs is 1. The van der Waals surface area contributed by atoms with Gasteiger partial charge in [0, 0.05) is 12.6 Å². The van der Waals surface area contributed by atoms with Crippen molar-refractivity contribution in [3.8, 4) is 0 Å².